The van der Waals surface area contributed by atoms with E-state index in [0.717, 1.165) is 13.2 Å². The van der Waals surface area contributed by atoms with Gasteiger partial charge < -0.3 is 20.1 Å². The Morgan fingerprint density at radius 2 is 1.56 bits per heavy atom. The van der Waals surface area contributed by atoms with Crippen molar-refractivity contribution >= 4 is 0 Å². The van der Waals surface area contributed by atoms with Crippen molar-refractivity contribution in [1.82, 2.24) is 0 Å². The number of aliphatic hydroxyl groups is 3. The van der Waals surface area contributed by atoms with Crippen LogP contribution in [0.2, 0.25) is 0 Å². The lowest BCUT2D eigenvalue weighted by Gasteiger charge is -1.96. The molecule has 9 heavy (non-hydrogen) atoms. The van der Waals surface area contributed by atoms with Crippen molar-refractivity contribution in [3.63, 3.8) is 0 Å². The summed E-state index contributed by atoms with van der Waals surface area (Å²) in [5.41, 5.74) is 0. The molecule has 0 aromatic heterocycles. The summed E-state index contributed by atoms with van der Waals surface area (Å²) in [6, 6.07) is 0. The van der Waals surface area contributed by atoms with E-state index in [1.807, 2.05) is 0 Å². The fourth-order valence-corrected chi connectivity index (χ4v) is 0.0577. The van der Waals surface area contributed by atoms with Crippen molar-refractivity contribution in [3.05, 3.63) is 0 Å². The fraction of sp³-hybridized carbons (Fsp3) is 1.00. The summed E-state index contributed by atoms with van der Waals surface area (Å²) >= 11 is 0. The van der Waals surface area contributed by atoms with Gasteiger partial charge in [-0.1, -0.05) is 0 Å². The van der Waals surface area contributed by atoms with Crippen LogP contribution in [0, 0.1) is 0 Å². The summed E-state index contributed by atoms with van der Waals surface area (Å²) in [5.74, 6) is 0. The summed E-state index contributed by atoms with van der Waals surface area (Å²) in [6.45, 7) is 1.27. The van der Waals surface area contributed by atoms with Crippen molar-refractivity contribution in [2.24, 2.45) is 0 Å². The van der Waals surface area contributed by atoms with E-state index in [1.165, 1.54) is 0 Å². The van der Waals surface area contributed by atoms with Crippen LogP contribution in [-0.4, -0.2) is 47.9 Å². The largest absolute Gasteiger partial charge is 0.394 e. The summed E-state index contributed by atoms with van der Waals surface area (Å²) in [7, 11) is 0. The maximum absolute atomic E-state index is 8.17. The van der Waals surface area contributed by atoms with E-state index < -0.39 is 6.10 Å². The summed E-state index contributed by atoms with van der Waals surface area (Å²) in [5, 5.41) is 24.0. The molecule has 0 unspecified atom stereocenters. The lowest BCUT2D eigenvalue weighted by molar-refractivity contribution is 0.0450. The van der Waals surface area contributed by atoms with Crippen LogP contribution in [-0.2, 0) is 4.74 Å². The zero-order valence-electron chi connectivity index (χ0n) is 5.16. The van der Waals surface area contributed by atoms with Gasteiger partial charge in [0.1, 0.15) is 6.10 Å². The summed E-state index contributed by atoms with van der Waals surface area (Å²) < 4.78 is 4.50. The Bertz CT molecular complexity index is 48.2. The quantitative estimate of drug-likeness (QED) is 0.398. The van der Waals surface area contributed by atoms with Crippen LogP contribution < -0.4 is 0 Å². The Kier molecular flexibility index (Phi) is 5.86. The molecule has 1 rings (SSSR count). The minimum atomic E-state index is -0.954. The van der Waals surface area contributed by atoms with Gasteiger partial charge in [0.2, 0.25) is 0 Å². The molecule has 4 heteroatoms. The molecule has 1 aliphatic heterocycles. The Morgan fingerprint density at radius 3 is 1.56 bits per heavy atom. The molecule has 3 N–H and O–H groups in total. The molecule has 0 aromatic rings. The highest BCUT2D eigenvalue weighted by atomic mass is 16.6. The lowest BCUT2D eigenvalue weighted by Crippen LogP contribution is -2.15. The predicted octanol–water partition coefficient (Wildman–Crippen LogP) is -1.65. The van der Waals surface area contributed by atoms with Gasteiger partial charge in [-0.3, -0.25) is 0 Å². The van der Waals surface area contributed by atoms with Crippen LogP contribution in [0.1, 0.15) is 0 Å². The van der Waals surface area contributed by atoms with Gasteiger partial charge in [-0.05, 0) is 0 Å². The van der Waals surface area contributed by atoms with Gasteiger partial charge in [0, 0.05) is 0 Å². The van der Waals surface area contributed by atoms with Crippen LogP contribution in [0.4, 0.5) is 0 Å². The monoisotopic (exact) mass is 136 g/mol. The first-order valence-electron chi connectivity index (χ1n) is 2.78. The first kappa shape index (κ1) is 8.84. The third-order valence-corrected chi connectivity index (χ3v) is 0.626. The normalized spacial score (nSPS) is 14.7. The first-order chi connectivity index (χ1) is 4.31. The van der Waals surface area contributed by atoms with Crippen LogP contribution >= 0.6 is 0 Å². The van der Waals surface area contributed by atoms with Crippen molar-refractivity contribution in [1.29, 1.82) is 0 Å². The number of ether oxygens (including phenoxy) is 1. The molecular formula is C5H12O4. The zero-order chi connectivity index (χ0) is 7.11. The molecule has 1 saturated heterocycles. The molecule has 0 aliphatic carbocycles. The standard InChI is InChI=1S/C3H8O3.C2H4O/c4-1-3(6)2-5;1-2-3-1/h3-6H,1-2H2;1-2H2. The summed E-state index contributed by atoms with van der Waals surface area (Å²) in [4.78, 5) is 0. The van der Waals surface area contributed by atoms with Crippen molar-refractivity contribution < 1.29 is 20.1 Å². The molecule has 1 heterocycles. The third-order valence-electron chi connectivity index (χ3n) is 0.626. The molecule has 1 aliphatic rings. The minimum absolute atomic E-state index is 0.365. The number of rotatable bonds is 2. The molecule has 0 bridgehead atoms. The van der Waals surface area contributed by atoms with Crippen LogP contribution in [0.25, 0.3) is 0 Å². The average molecular weight is 136 g/mol. The second-order valence-corrected chi connectivity index (χ2v) is 1.63. The van der Waals surface area contributed by atoms with E-state index in [1.54, 1.807) is 0 Å². The first-order valence-corrected chi connectivity index (χ1v) is 2.78. The molecule has 56 valence electrons. The second kappa shape index (κ2) is 5.97. The molecule has 0 saturated carbocycles. The number of epoxide rings is 1. The lowest BCUT2D eigenvalue weighted by atomic mass is 10.4. The van der Waals surface area contributed by atoms with E-state index in [4.69, 9.17) is 15.3 Å². The number of aliphatic hydroxyl groups excluding tert-OH is 3. The number of hydrogen-bond acceptors (Lipinski definition) is 4. The minimum Gasteiger partial charge on any atom is -0.394 e. The van der Waals surface area contributed by atoms with Crippen molar-refractivity contribution in [3.8, 4) is 0 Å². The molecule has 4 nitrogen and oxygen atoms in total. The average Bonchev–Trinajstić information content (AvgIpc) is 2.70. The second-order valence-electron chi connectivity index (χ2n) is 1.63. The Balaban J connectivity index is 0.000000173. The van der Waals surface area contributed by atoms with E-state index in [0.29, 0.717) is 0 Å². The van der Waals surface area contributed by atoms with E-state index in [9.17, 15) is 0 Å². The molecule has 0 atom stereocenters. The smallest absolute Gasteiger partial charge is 0.100 e. The molecule has 1 fully saturated rings. The van der Waals surface area contributed by atoms with E-state index in [-0.39, 0.29) is 13.2 Å². The highest BCUT2D eigenvalue weighted by Crippen LogP contribution is 1.84. The molecule has 0 radical (unpaired) electrons. The summed E-state index contributed by atoms with van der Waals surface area (Å²) in [6.07, 6.45) is -0.954. The SMILES string of the molecule is C1CO1.OCC(O)CO. The third kappa shape index (κ3) is 11.4. The Labute approximate surface area is 53.7 Å². The van der Waals surface area contributed by atoms with Gasteiger partial charge in [-0.15, -0.1) is 0 Å². The highest BCUT2D eigenvalue weighted by Gasteiger charge is 1.94. The van der Waals surface area contributed by atoms with Gasteiger partial charge in [-0.2, -0.15) is 0 Å². The van der Waals surface area contributed by atoms with Gasteiger partial charge in [-0.25, -0.2) is 0 Å². The van der Waals surface area contributed by atoms with Crippen molar-refractivity contribution in [2.45, 2.75) is 6.10 Å². The van der Waals surface area contributed by atoms with Crippen LogP contribution in [0.15, 0.2) is 0 Å². The predicted molar refractivity (Wildman–Crippen MR) is 31.0 cm³/mol. The molecular weight excluding hydrogens is 124 g/mol. The molecule has 0 aromatic carbocycles. The maximum Gasteiger partial charge on any atom is 0.100 e. The maximum atomic E-state index is 8.17. The fourth-order valence-electron chi connectivity index (χ4n) is 0.0577. The van der Waals surface area contributed by atoms with E-state index in [2.05, 4.69) is 4.74 Å². The molecule has 0 spiro atoms. The Morgan fingerprint density at radius 1 is 1.22 bits per heavy atom. The molecule has 0 amide bonds. The van der Waals surface area contributed by atoms with Gasteiger partial charge in [0.05, 0.1) is 26.4 Å². The Hall–Kier alpha value is -0.160. The van der Waals surface area contributed by atoms with Gasteiger partial charge in [0.25, 0.3) is 0 Å². The zero-order valence-corrected chi connectivity index (χ0v) is 5.16. The topological polar surface area (TPSA) is 73.2 Å². The van der Waals surface area contributed by atoms with Crippen LogP contribution in [0.5, 0.6) is 0 Å². The van der Waals surface area contributed by atoms with Gasteiger partial charge in [0.15, 0.2) is 0 Å². The van der Waals surface area contributed by atoms with Crippen LogP contribution in [0.3, 0.4) is 0 Å². The number of hydrogen-bond donors (Lipinski definition) is 3. The van der Waals surface area contributed by atoms with E-state index >= 15 is 0 Å². The van der Waals surface area contributed by atoms with Crippen molar-refractivity contribution in [2.75, 3.05) is 26.4 Å². The highest BCUT2D eigenvalue weighted by molar-refractivity contribution is 4.44. The van der Waals surface area contributed by atoms with Gasteiger partial charge >= 0.3 is 0 Å².